The van der Waals surface area contributed by atoms with Crippen LogP contribution in [0.25, 0.3) is 0 Å². The normalized spacial score (nSPS) is 12.4. The van der Waals surface area contributed by atoms with Gasteiger partial charge in [0.05, 0.1) is 12.9 Å². The van der Waals surface area contributed by atoms with Crippen molar-refractivity contribution in [1.82, 2.24) is 0 Å². The zero-order chi connectivity index (χ0) is 11.1. The van der Waals surface area contributed by atoms with E-state index in [0.717, 1.165) is 17.7 Å². The molecule has 1 unspecified atom stereocenters. The molecule has 1 aromatic carbocycles. The zero-order valence-corrected chi connectivity index (χ0v) is 9.76. The van der Waals surface area contributed by atoms with Crippen molar-refractivity contribution in [2.75, 3.05) is 19.4 Å². The fourth-order valence-corrected chi connectivity index (χ4v) is 2.53. The molecule has 1 atom stereocenters. The summed E-state index contributed by atoms with van der Waals surface area (Å²) in [5, 5.41) is 0. The first-order chi connectivity index (χ1) is 7.27. The topological polar surface area (TPSA) is 52.3 Å². The number of hydrogen-bond donors (Lipinski definition) is 1. The third-order valence-corrected chi connectivity index (χ3v) is 3.46. The van der Waals surface area contributed by atoms with E-state index in [1.165, 1.54) is 0 Å². The van der Waals surface area contributed by atoms with Gasteiger partial charge in [0.1, 0.15) is 5.75 Å². The van der Waals surface area contributed by atoms with Crippen LogP contribution in [0.1, 0.15) is 12.0 Å². The predicted molar refractivity (Wildman–Crippen MR) is 63.4 cm³/mol. The first kappa shape index (κ1) is 12.2. The van der Waals surface area contributed by atoms with Gasteiger partial charge >= 0.3 is 0 Å². The van der Waals surface area contributed by atoms with Crippen LogP contribution in [-0.2, 0) is 16.6 Å². The Hall–Kier alpha value is -0.870. The van der Waals surface area contributed by atoms with Gasteiger partial charge in [0.25, 0.3) is 0 Å². The molecule has 0 bridgehead atoms. The smallest absolute Gasteiger partial charge is 0.122 e. The molecule has 4 heteroatoms. The van der Waals surface area contributed by atoms with Gasteiger partial charge in [-0.05, 0) is 19.0 Å². The van der Waals surface area contributed by atoms with Gasteiger partial charge in [-0.2, -0.15) is 0 Å². The lowest BCUT2D eigenvalue weighted by atomic mass is 10.2. The van der Waals surface area contributed by atoms with Crippen LogP contribution in [0.2, 0.25) is 0 Å². The lowest BCUT2D eigenvalue weighted by Gasteiger charge is -2.07. The predicted octanol–water partition coefficient (Wildman–Crippen LogP) is 1.29. The molecule has 15 heavy (non-hydrogen) atoms. The summed E-state index contributed by atoms with van der Waals surface area (Å²) in [6.45, 7) is 0.595. The Kier molecular flexibility index (Phi) is 5.36. The Balaban J connectivity index is 2.59. The van der Waals surface area contributed by atoms with E-state index in [9.17, 15) is 4.21 Å². The van der Waals surface area contributed by atoms with Crippen LogP contribution < -0.4 is 10.5 Å². The van der Waals surface area contributed by atoms with Crippen molar-refractivity contribution in [2.45, 2.75) is 12.2 Å². The molecule has 0 aromatic heterocycles. The molecule has 0 amide bonds. The van der Waals surface area contributed by atoms with E-state index in [-0.39, 0.29) is 0 Å². The molecule has 1 aromatic rings. The van der Waals surface area contributed by atoms with E-state index < -0.39 is 10.8 Å². The average Bonchev–Trinajstić information content (AvgIpc) is 2.27. The molecule has 0 heterocycles. The highest BCUT2D eigenvalue weighted by molar-refractivity contribution is 7.84. The van der Waals surface area contributed by atoms with Crippen LogP contribution in [0.4, 0.5) is 0 Å². The SMILES string of the molecule is COc1ccccc1CS(=O)CCCN. The molecule has 2 N–H and O–H groups in total. The minimum absolute atomic E-state index is 0.546. The van der Waals surface area contributed by atoms with Crippen molar-refractivity contribution in [2.24, 2.45) is 5.73 Å². The Labute approximate surface area is 93.1 Å². The van der Waals surface area contributed by atoms with E-state index in [1.54, 1.807) is 7.11 Å². The molecule has 0 aliphatic rings. The number of benzene rings is 1. The summed E-state index contributed by atoms with van der Waals surface area (Å²) in [6.07, 6.45) is 0.807. The van der Waals surface area contributed by atoms with E-state index in [1.807, 2.05) is 24.3 Å². The number of nitrogens with two attached hydrogens (primary N) is 1. The van der Waals surface area contributed by atoms with Gasteiger partial charge in [0.2, 0.25) is 0 Å². The summed E-state index contributed by atoms with van der Waals surface area (Å²) in [7, 11) is 0.784. The number of hydrogen-bond acceptors (Lipinski definition) is 3. The van der Waals surface area contributed by atoms with E-state index >= 15 is 0 Å². The lowest BCUT2D eigenvalue weighted by Crippen LogP contribution is -2.07. The fraction of sp³-hybridized carbons (Fsp3) is 0.455. The maximum atomic E-state index is 11.6. The highest BCUT2D eigenvalue weighted by Crippen LogP contribution is 2.18. The molecule has 0 aliphatic carbocycles. The molecule has 0 spiro atoms. The van der Waals surface area contributed by atoms with E-state index in [2.05, 4.69) is 0 Å². The molecule has 3 nitrogen and oxygen atoms in total. The van der Waals surface area contributed by atoms with Gasteiger partial charge in [-0.3, -0.25) is 4.21 Å². The summed E-state index contributed by atoms with van der Waals surface area (Å²) in [6, 6.07) is 7.66. The Morgan fingerprint density at radius 1 is 1.40 bits per heavy atom. The average molecular weight is 227 g/mol. The van der Waals surface area contributed by atoms with E-state index in [4.69, 9.17) is 10.5 Å². The molecular formula is C11H17NO2S. The molecule has 1 rings (SSSR count). The monoisotopic (exact) mass is 227 g/mol. The number of rotatable bonds is 6. The first-order valence-electron chi connectivity index (χ1n) is 4.95. The third kappa shape index (κ3) is 4.01. The summed E-state index contributed by atoms with van der Waals surface area (Å²) in [5.41, 5.74) is 6.36. The second kappa shape index (κ2) is 6.58. The number of para-hydroxylation sites is 1. The number of methoxy groups -OCH3 is 1. The van der Waals surface area contributed by atoms with Crippen molar-refractivity contribution >= 4 is 10.8 Å². The van der Waals surface area contributed by atoms with Crippen molar-refractivity contribution in [3.8, 4) is 5.75 Å². The quantitative estimate of drug-likeness (QED) is 0.797. The van der Waals surface area contributed by atoms with Gasteiger partial charge in [-0.15, -0.1) is 0 Å². The van der Waals surface area contributed by atoms with Gasteiger partial charge < -0.3 is 10.5 Å². The van der Waals surface area contributed by atoms with E-state index in [0.29, 0.717) is 18.1 Å². The summed E-state index contributed by atoms with van der Waals surface area (Å²) < 4.78 is 16.8. The largest absolute Gasteiger partial charge is 0.496 e. The van der Waals surface area contributed by atoms with Crippen LogP contribution in [0, 0.1) is 0 Å². The summed E-state index contributed by atoms with van der Waals surface area (Å²) >= 11 is 0. The fourth-order valence-electron chi connectivity index (χ4n) is 1.31. The molecule has 84 valence electrons. The second-order valence-corrected chi connectivity index (χ2v) is 4.82. The Morgan fingerprint density at radius 2 is 2.13 bits per heavy atom. The van der Waals surface area contributed by atoms with Crippen molar-refractivity contribution < 1.29 is 8.95 Å². The molecule has 0 aliphatic heterocycles. The van der Waals surface area contributed by atoms with Crippen molar-refractivity contribution in [1.29, 1.82) is 0 Å². The Morgan fingerprint density at radius 3 is 2.80 bits per heavy atom. The van der Waals surface area contributed by atoms with Crippen molar-refractivity contribution in [3.63, 3.8) is 0 Å². The summed E-state index contributed by atoms with van der Waals surface area (Å²) in [5.74, 6) is 2.01. The summed E-state index contributed by atoms with van der Waals surface area (Å²) in [4.78, 5) is 0. The molecule has 0 radical (unpaired) electrons. The van der Waals surface area contributed by atoms with Crippen LogP contribution in [0.15, 0.2) is 24.3 Å². The molecule has 0 saturated carbocycles. The molecule has 0 fully saturated rings. The lowest BCUT2D eigenvalue weighted by molar-refractivity contribution is 0.411. The Bertz CT molecular complexity index is 328. The minimum atomic E-state index is -0.843. The van der Waals surface area contributed by atoms with Crippen LogP contribution in [0.5, 0.6) is 5.75 Å². The highest BCUT2D eigenvalue weighted by Gasteiger charge is 2.05. The minimum Gasteiger partial charge on any atom is -0.496 e. The van der Waals surface area contributed by atoms with Crippen LogP contribution in [-0.4, -0.2) is 23.6 Å². The molecule has 0 saturated heterocycles. The van der Waals surface area contributed by atoms with Crippen LogP contribution >= 0.6 is 0 Å². The second-order valence-electron chi connectivity index (χ2n) is 3.24. The van der Waals surface area contributed by atoms with Gasteiger partial charge in [0, 0.05) is 22.1 Å². The van der Waals surface area contributed by atoms with Gasteiger partial charge in [-0.25, -0.2) is 0 Å². The standard InChI is InChI=1S/C11H17NO2S/c1-14-11-6-3-2-5-10(11)9-15(13)8-4-7-12/h2-3,5-6H,4,7-9,12H2,1H3. The number of ether oxygens (including phenoxy) is 1. The maximum Gasteiger partial charge on any atom is 0.122 e. The van der Waals surface area contributed by atoms with Crippen LogP contribution in [0.3, 0.4) is 0 Å². The third-order valence-electron chi connectivity index (χ3n) is 2.09. The molecular weight excluding hydrogens is 210 g/mol. The first-order valence-corrected chi connectivity index (χ1v) is 6.43. The van der Waals surface area contributed by atoms with Gasteiger partial charge in [0.15, 0.2) is 0 Å². The van der Waals surface area contributed by atoms with Gasteiger partial charge in [-0.1, -0.05) is 18.2 Å². The highest BCUT2D eigenvalue weighted by atomic mass is 32.2. The zero-order valence-electron chi connectivity index (χ0n) is 8.94. The maximum absolute atomic E-state index is 11.6. The van der Waals surface area contributed by atoms with Crippen molar-refractivity contribution in [3.05, 3.63) is 29.8 Å².